The van der Waals surface area contributed by atoms with Crippen LogP contribution in [0.2, 0.25) is 5.02 Å². The minimum atomic E-state index is 0.414. The largest absolute Gasteiger partial charge is 0.397 e. The first-order valence-corrected chi connectivity index (χ1v) is 6.81. The number of rotatable bonds is 2. The van der Waals surface area contributed by atoms with E-state index in [0.717, 1.165) is 24.3 Å². The van der Waals surface area contributed by atoms with E-state index in [-0.39, 0.29) is 0 Å². The van der Waals surface area contributed by atoms with E-state index < -0.39 is 0 Å². The highest BCUT2D eigenvalue weighted by atomic mass is 35.5. The van der Waals surface area contributed by atoms with Gasteiger partial charge in [-0.25, -0.2) is 0 Å². The van der Waals surface area contributed by atoms with Crippen LogP contribution in [-0.4, -0.2) is 13.1 Å². The SMILES string of the molecule is CC(C)c1cc(N2CCCCC2)cc(Cl)c1N. The minimum absolute atomic E-state index is 0.414. The van der Waals surface area contributed by atoms with E-state index in [9.17, 15) is 0 Å². The standard InChI is InChI=1S/C14H21ClN2/c1-10(2)12-8-11(9-13(15)14(12)16)17-6-4-3-5-7-17/h8-10H,3-7,16H2,1-2H3. The Morgan fingerprint density at radius 2 is 1.82 bits per heavy atom. The zero-order valence-corrected chi connectivity index (χ0v) is 11.4. The highest BCUT2D eigenvalue weighted by molar-refractivity contribution is 6.33. The molecule has 94 valence electrons. The van der Waals surface area contributed by atoms with Crippen molar-refractivity contribution in [1.82, 2.24) is 0 Å². The second-order valence-corrected chi connectivity index (χ2v) is 5.54. The lowest BCUT2D eigenvalue weighted by atomic mass is 9.99. The fourth-order valence-electron chi connectivity index (χ4n) is 2.44. The van der Waals surface area contributed by atoms with Crippen molar-refractivity contribution >= 4 is 23.0 Å². The summed E-state index contributed by atoms with van der Waals surface area (Å²) < 4.78 is 0. The number of piperidine rings is 1. The molecular weight excluding hydrogens is 232 g/mol. The van der Waals surface area contributed by atoms with Crippen LogP contribution < -0.4 is 10.6 Å². The van der Waals surface area contributed by atoms with Crippen LogP contribution in [0.5, 0.6) is 0 Å². The van der Waals surface area contributed by atoms with Crippen LogP contribution in [0, 0.1) is 0 Å². The van der Waals surface area contributed by atoms with Gasteiger partial charge in [-0.3, -0.25) is 0 Å². The molecule has 0 atom stereocenters. The van der Waals surface area contributed by atoms with Gasteiger partial charge < -0.3 is 10.6 Å². The molecule has 2 N–H and O–H groups in total. The summed E-state index contributed by atoms with van der Waals surface area (Å²) in [5.41, 5.74) is 9.16. The van der Waals surface area contributed by atoms with Gasteiger partial charge in [-0.1, -0.05) is 25.4 Å². The highest BCUT2D eigenvalue weighted by Crippen LogP contribution is 2.34. The molecule has 0 spiro atoms. The van der Waals surface area contributed by atoms with Crippen LogP contribution in [-0.2, 0) is 0 Å². The molecular formula is C14H21ClN2. The molecule has 0 aliphatic carbocycles. The maximum atomic E-state index is 6.23. The quantitative estimate of drug-likeness (QED) is 0.805. The van der Waals surface area contributed by atoms with E-state index in [2.05, 4.69) is 24.8 Å². The third kappa shape index (κ3) is 2.68. The number of anilines is 2. The Bertz CT molecular complexity index is 395. The number of nitrogen functional groups attached to an aromatic ring is 1. The molecule has 17 heavy (non-hydrogen) atoms. The van der Waals surface area contributed by atoms with Gasteiger partial charge in [-0.15, -0.1) is 0 Å². The summed E-state index contributed by atoms with van der Waals surface area (Å²) in [5.74, 6) is 0.414. The molecule has 1 saturated heterocycles. The smallest absolute Gasteiger partial charge is 0.0658 e. The predicted molar refractivity (Wildman–Crippen MR) is 76.0 cm³/mol. The molecule has 1 heterocycles. The Morgan fingerprint density at radius 1 is 1.18 bits per heavy atom. The molecule has 1 aromatic rings. The first-order chi connectivity index (χ1) is 8.09. The lowest BCUT2D eigenvalue weighted by molar-refractivity contribution is 0.577. The van der Waals surface area contributed by atoms with Crippen molar-refractivity contribution in [3.05, 3.63) is 22.7 Å². The van der Waals surface area contributed by atoms with Crippen molar-refractivity contribution in [2.75, 3.05) is 23.7 Å². The molecule has 0 aromatic heterocycles. The number of benzene rings is 1. The summed E-state index contributed by atoms with van der Waals surface area (Å²) in [6, 6.07) is 4.21. The molecule has 1 aromatic carbocycles. The molecule has 1 fully saturated rings. The van der Waals surface area contributed by atoms with Gasteiger partial charge in [-0.2, -0.15) is 0 Å². The van der Waals surface area contributed by atoms with E-state index in [4.69, 9.17) is 17.3 Å². The second kappa shape index (κ2) is 5.18. The molecule has 0 radical (unpaired) electrons. The maximum Gasteiger partial charge on any atom is 0.0658 e. The molecule has 2 rings (SSSR count). The van der Waals surface area contributed by atoms with Crippen LogP contribution in [0.1, 0.15) is 44.6 Å². The Morgan fingerprint density at radius 3 is 2.41 bits per heavy atom. The summed E-state index contributed by atoms with van der Waals surface area (Å²) >= 11 is 6.23. The lowest BCUT2D eigenvalue weighted by Gasteiger charge is -2.30. The monoisotopic (exact) mass is 252 g/mol. The van der Waals surface area contributed by atoms with Crippen molar-refractivity contribution in [3.8, 4) is 0 Å². The second-order valence-electron chi connectivity index (χ2n) is 5.13. The molecule has 0 saturated carbocycles. The molecule has 3 heteroatoms. The first kappa shape index (κ1) is 12.6. The normalized spacial score (nSPS) is 16.6. The van der Waals surface area contributed by atoms with Crippen LogP contribution >= 0.6 is 11.6 Å². The van der Waals surface area contributed by atoms with Gasteiger partial charge in [0.2, 0.25) is 0 Å². The van der Waals surface area contributed by atoms with E-state index >= 15 is 0 Å². The molecule has 2 nitrogen and oxygen atoms in total. The molecule has 0 amide bonds. The molecule has 1 aliphatic rings. The fourth-order valence-corrected chi connectivity index (χ4v) is 2.66. The van der Waals surface area contributed by atoms with Gasteiger partial charge in [0.15, 0.2) is 0 Å². The minimum Gasteiger partial charge on any atom is -0.397 e. The van der Waals surface area contributed by atoms with Crippen molar-refractivity contribution in [2.24, 2.45) is 0 Å². The average molecular weight is 253 g/mol. The van der Waals surface area contributed by atoms with Crippen molar-refractivity contribution < 1.29 is 0 Å². The summed E-state index contributed by atoms with van der Waals surface area (Å²) in [5, 5.41) is 0.691. The van der Waals surface area contributed by atoms with E-state index in [1.54, 1.807) is 0 Å². The fraction of sp³-hybridized carbons (Fsp3) is 0.571. The number of halogens is 1. The van der Waals surface area contributed by atoms with Gasteiger partial charge in [0, 0.05) is 18.8 Å². The van der Waals surface area contributed by atoms with Crippen molar-refractivity contribution in [1.29, 1.82) is 0 Å². The predicted octanol–water partition coefficient (Wildman–Crippen LogP) is 4.04. The van der Waals surface area contributed by atoms with Crippen molar-refractivity contribution in [2.45, 2.75) is 39.0 Å². The van der Waals surface area contributed by atoms with Gasteiger partial charge in [0.25, 0.3) is 0 Å². The van der Waals surface area contributed by atoms with E-state index in [1.165, 1.54) is 24.9 Å². The van der Waals surface area contributed by atoms with Crippen LogP contribution in [0.25, 0.3) is 0 Å². The lowest BCUT2D eigenvalue weighted by Crippen LogP contribution is -2.29. The third-order valence-electron chi connectivity index (χ3n) is 3.49. The van der Waals surface area contributed by atoms with Crippen LogP contribution in [0.15, 0.2) is 12.1 Å². The summed E-state index contributed by atoms with van der Waals surface area (Å²) in [6.45, 7) is 6.58. The Hall–Kier alpha value is -0.890. The maximum absolute atomic E-state index is 6.23. The third-order valence-corrected chi connectivity index (χ3v) is 3.80. The first-order valence-electron chi connectivity index (χ1n) is 6.43. The van der Waals surface area contributed by atoms with Gasteiger partial charge in [0.05, 0.1) is 10.7 Å². The van der Waals surface area contributed by atoms with Gasteiger partial charge in [-0.05, 0) is 42.9 Å². The Labute approximate surface area is 109 Å². The number of hydrogen-bond donors (Lipinski definition) is 1. The Kier molecular flexibility index (Phi) is 3.82. The summed E-state index contributed by atoms with van der Waals surface area (Å²) in [4.78, 5) is 2.42. The van der Waals surface area contributed by atoms with Crippen LogP contribution in [0.3, 0.4) is 0 Å². The zero-order valence-electron chi connectivity index (χ0n) is 10.7. The number of hydrogen-bond acceptors (Lipinski definition) is 2. The topological polar surface area (TPSA) is 29.3 Å². The van der Waals surface area contributed by atoms with Gasteiger partial charge >= 0.3 is 0 Å². The van der Waals surface area contributed by atoms with Crippen LogP contribution in [0.4, 0.5) is 11.4 Å². The van der Waals surface area contributed by atoms with Gasteiger partial charge in [0.1, 0.15) is 0 Å². The Balaban J connectivity index is 2.34. The molecule has 0 bridgehead atoms. The summed E-state index contributed by atoms with van der Waals surface area (Å²) in [7, 11) is 0. The average Bonchev–Trinajstić information content (AvgIpc) is 2.33. The molecule has 0 unspecified atom stereocenters. The van der Waals surface area contributed by atoms with E-state index in [1.807, 2.05) is 6.07 Å². The zero-order chi connectivity index (χ0) is 12.4. The van der Waals surface area contributed by atoms with Crippen molar-refractivity contribution in [3.63, 3.8) is 0 Å². The summed E-state index contributed by atoms with van der Waals surface area (Å²) in [6.07, 6.45) is 3.90. The van der Waals surface area contributed by atoms with E-state index in [0.29, 0.717) is 10.9 Å². The number of nitrogens with two attached hydrogens (primary N) is 1. The number of nitrogens with zero attached hydrogens (tertiary/aromatic N) is 1. The highest BCUT2D eigenvalue weighted by Gasteiger charge is 2.15. The molecule has 1 aliphatic heterocycles.